The molecule has 1 saturated carbocycles. The first-order chi connectivity index (χ1) is 7.83. The third-order valence-corrected chi connectivity index (χ3v) is 4.79. The van der Waals surface area contributed by atoms with Gasteiger partial charge < -0.3 is 5.32 Å². The Balaban J connectivity index is 1.82. The van der Waals surface area contributed by atoms with Crippen molar-refractivity contribution >= 4 is 11.3 Å². The Morgan fingerprint density at radius 2 is 2.31 bits per heavy atom. The van der Waals surface area contributed by atoms with E-state index in [1.54, 1.807) is 0 Å². The molecule has 1 aromatic rings. The summed E-state index contributed by atoms with van der Waals surface area (Å²) in [5.74, 6) is 0.894. The third-order valence-electron chi connectivity index (χ3n) is 3.65. The highest BCUT2D eigenvalue weighted by Crippen LogP contribution is 2.28. The fourth-order valence-electron chi connectivity index (χ4n) is 2.61. The van der Waals surface area contributed by atoms with Crippen LogP contribution in [0.1, 0.15) is 49.4 Å². The minimum atomic E-state index is 0.735. The molecule has 0 spiro atoms. The summed E-state index contributed by atoms with van der Waals surface area (Å²) in [6, 6.07) is 0.735. The van der Waals surface area contributed by atoms with Crippen LogP contribution in [-0.2, 0) is 13.0 Å². The zero-order chi connectivity index (χ0) is 11.4. The first-order valence-corrected chi connectivity index (χ1v) is 7.32. The van der Waals surface area contributed by atoms with Crippen LogP contribution >= 0.6 is 11.3 Å². The zero-order valence-corrected chi connectivity index (χ0v) is 11.1. The second-order valence-electron chi connectivity index (χ2n) is 4.66. The van der Waals surface area contributed by atoms with Crippen molar-refractivity contribution in [3.8, 4) is 0 Å². The molecule has 3 heteroatoms. The molecule has 0 amide bonds. The minimum absolute atomic E-state index is 0.735. The quantitative estimate of drug-likeness (QED) is 0.850. The van der Waals surface area contributed by atoms with Crippen molar-refractivity contribution in [2.45, 2.75) is 58.5 Å². The van der Waals surface area contributed by atoms with Crippen molar-refractivity contribution in [3.63, 3.8) is 0 Å². The number of nitrogens with one attached hydrogen (secondary N) is 1. The summed E-state index contributed by atoms with van der Waals surface area (Å²) in [5, 5.41) is 4.93. The van der Waals surface area contributed by atoms with Gasteiger partial charge in [0.2, 0.25) is 0 Å². The molecule has 1 aliphatic carbocycles. The van der Waals surface area contributed by atoms with Crippen molar-refractivity contribution < 1.29 is 0 Å². The van der Waals surface area contributed by atoms with Gasteiger partial charge in [0.25, 0.3) is 0 Å². The molecule has 1 aliphatic rings. The lowest BCUT2D eigenvalue weighted by Gasteiger charge is -2.18. The molecule has 2 nitrogen and oxygen atoms in total. The van der Waals surface area contributed by atoms with E-state index < -0.39 is 0 Å². The molecule has 2 unspecified atom stereocenters. The van der Waals surface area contributed by atoms with Crippen LogP contribution in [-0.4, -0.2) is 11.0 Å². The van der Waals surface area contributed by atoms with E-state index in [1.807, 2.05) is 17.5 Å². The van der Waals surface area contributed by atoms with Crippen LogP contribution in [0.15, 0.2) is 6.20 Å². The second kappa shape index (κ2) is 5.78. The molecule has 1 fully saturated rings. The Hall–Kier alpha value is -0.410. The topological polar surface area (TPSA) is 24.9 Å². The largest absolute Gasteiger partial charge is 0.307 e. The summed E-state index contributed by atoms with van der Waals surface area (Å²) >= 11 is 1.85. The molecule has 1 heterocycles. The number of hydrogen-bond acceptors (Lipinski definition) is 3. The standard InChI is InChI=1S/C13H22N2S/c1-3-10-6-5-7-12(10)14-9-13-15-8-11(4-2)16-13/h8,10,12,14H,3-7,9H2,1-2H3. The van der Waals surface area contributed by atoms with Crippen LogP contribution in [0.25, 0.3) is 0 Å². The van der Waals surface area contributed by atoms with Gasteiger partial charge in [0.1, 0.15) is 5.01 Å². The maximum Gasteiger partial charge on any atom is 0.107 e. The van der Waals surface area contributed by atoms with Gasteiger partial charge in [-0.25, -0.2) is 4.98 Å². The van der Waals surface area contributed by atoms with Gasteiger partial charge >= 0.3 is 0 Å². The fraction of sp³-hybridized carbons (Fsp3) is 0.769. The van der Waals surface area contributed by atoms with E-state index in [0.717, 1.165) is 24.9 Å². The molecule has 90 valence electrons. The van der Waals surface area contributed by atoms with Crippen molar-refractivity contribution in [2.24, 2.45) is 5.92 Å². The van der Waals surface area contributed by atoms with Gasteiger partial charge in [0.15, 0.2) is 0 Å². The smallest absolute Gasteiger partial charge is 0.107 e. The third kappa shape index (κ3) is 2.83. The summed E-state index contributed by atoms with van der Waals surface area (Å²) in [4.78, 5) is 5.85. The molecule has 16 heavy (non-hydrogen) atoms. The molecular formula is C13H22N2S. The van der Waals surface area contributed by atoms with E-state index in [4.69, 9.17) is 0 Å². The number of rotatable bonds is 5. The van der Waals surface area contributed by atoms with Gasteiger partial charge in [0, 0.05) is 23.7 Å². The van der Waals surface area contributed by atoms with Crippen LogP contribution in [0, 0.1) is 5.92 Å². The number of thiazole rings is 1. The van der Waals surface area contributed by atoms with E-state index in [1.165, 1.54) is 35.6 Å². The van der Waals surface area contributed by atoms with Gasteiger partial charge in [-0.3, -0.25) is 0 Å². The fourth-order valence-corrected chi connectivity index (χ4v) is 3.42. The van der Waals surface area contributed by atoms with E-state index in [0.29, 0.717) is 0 Å². The van der Waals surface area contributed by atoms with Gasteiger partial charge in [-0.1, -0.05) is 26.7 Å². The predicted molar refractivity (Wildman–Crippen MR) is 69.8 cm³/mol. The normalized spacial score (nSPS) is 25.1. The number of hydrogen-bond donors (Lipinski definition) is 1. The molecule has 1 aromatic heterocycles. The van der Waals surface area contributed by atoms with E-state index in [-0.39, 0.29) is 0 Å². The van der Waals surface area contributed by atoms with Crippen LogP contribution in [0.3, 0.4) is 0 Å². The molecule has 0 bridgehead atoms. The predicted octanol–water partition coefficient (Wildman–Crippen LogP) is 3.37. The maximum atomic E-state index is 4.45. The molecule has 0 radical (unpaired) electrons. The van der Waals surface area contributed by atoms with Crippen molar-refractivity contribution in [1.29, 1.82) is 0 Å². The van der Waals surface area contributed by atoms with Crippen molar-refractivity contribution in [2.75, 3.05) is 0 Å². The lowest BCUT2D eigenvalue weighted by atomic mass is 10.0. The van der Waals surface area contributed by atoms with Crippen LogP contribution in [0.4, 0.5) is 0 Å². The van der Waals surface area contributed by atoms with Gasteiger partial charge in [0.05, 0.1) is 0 Å². The number of aromatic nitrogens is 1. The number of aryl methyl sites for hydroxylation is 1. The maximum absolute atomic E-state index is 4.45. The summed E-state index contributed by atoms with van der Waals surface area (Å²) in [7, 11) is 0. The molecule has 0 aliphatic heterocycles. The first-order valence-electron chi connectivity index (χ1n) is 6.50. The molecule has 0 aromatic carbocycles. The van der Waals surface area contributed by atoms with Crippen LogP contribution in [0.2, 0.25) is 0 Å². The second-order valence-corrected chi connectivity index (χ2v) is 5.86. The Morgan fingerprint density at radius 3 is 3.00 bits per heavy atom. The summed E-state index contributed by atoms with van der Waals surface area (Å²) < 4.78 is 0. The van der Waals surface area contributed by atoms with E-state index in [9.17, 15) is 0 Å². The van der Waals surface area contributed by atoms with Gasteiger partial charge in [-0.05, 0) is 25.2 Å². The SMILES string of the molecule is CCc1cnc(CNC2CCCC2CC)s1. The van der Waals surface area contributed by atoms with E-state index in [2.05, 4.69) is 24.1 Å². The summed E-state index contributed by atoms with van der Waals surface area (Å²) in [6.07, 6.45) is 8.60. The first kappa shape index (κ1) is 12.1. The molecule has 0 saturated heterocycles. The summed E-state index contributed by atoms with van der Waals surface area (Å²) in [5.41, 5.74) is 0. The average Bonchev–Trinajstić information content (AvgIpc) is 2.94. The molecule has 2 rings (SSSR count). The summed E-state index contributed by atoms with van der Waals surface area (Å²) in [6.45, 7) is 5.46. The minimum Gasteiger partial charge on any atom is -0.307 e. The van der Waals surface area contributed by atoms with Gasteiger partial charge in [-0.2, -0.15) is 0 Å². The molecular weight excluding hydrogens is 216 g/mol. The van der Waals surface area contributed by atoms with Crippen molar-refractivity contribution in [1.82, 2.24) is 10.3 Å². The Labute approximate surface area is 102 Å². The average molecular weight is 238 g/mol. The Bertz CT molecular complexity index is 321. The highest BCUT2D eigenvalue weighted by molar-refractivity contribution is 7.11. The highest BCUT2D eigenvalue weighted by atomic mass is 32.1. The monoisotopic (exact) mass is 238 g/mol. The van der Waals surface area contributed by atoms with Gasteiger partial charge in [-0.15, -0.1) is 11.3 Å². The van der Waals surface area contributed by atoms with Crippen LogP contribution < -0.4 is 5.32 Å². The molecule has 1 N–H and O–H groups in total. The van der Waals surface area contributed by atoms with Crippen LogP contribution in [0.5, 0.6) is 0 Å². The lowest BCUT2D eigenvalue weighted by Crippen LogP contribution is -2.31. The highest BCUT2D eigenvalue weighted by Gasteiger charge is 2.25. The zero-order valence-electron chi connectivity index (χ0n) is 10.3. The van der Waals surface area contributed by atoms with E-state index >= 15 is 0 Å². The lowest BCUT2D eigenvalue weighted by molar-refractivity contribution is 0.389. The van der Waals surface area contributed by atoms with Crippen molar-refractivity contribution in [3.05, 3.63) is 16.1 Å². The Kier molecular flexibility index (Phi) is 4.36. The Morgan fingerprint density at radius 1 is 1.44 bits per heavy atom. The number of nitrogens with zero attached hydrogens (tertiary/aromatic N) is 1. The molecule has 2 atom stereocenters.